The first-order valence-corrected chi connectivity index (χ1v) is 6.42. The van der Waals surface area contributed by atoms with Crippen LogP contribution in [-0.4, -0.2) is 41.8 Å². The summed E-state index contributed by atoms with van der Waals surface area (Å²) in [4.78, 5) is 22.6. The molecule has 5 nitrogen and oxygen atoms in total. The summed E-state index contributed by atoms with van der Waals surface area (Å²) in [5.41, 5.74) is 0.0110. The maximum atomic E-state index is 13.0. The summed E-state index contributed by atoms with van der Waals surface area (Å²) in [5.74, 6) is -3.43. The molecule has 0 unspecified atom stereocenters. The van der Waals surface area contributed by atoms with Crippen LogP contribution in [0.4, 0.5) is 8.78 Å². The Hall–Kier alpha value is -1.80. The molecule has 21 heavy (non-hydrogen) atoms. The van der Waals surface area contributed by atoms with Crippen LogP contribution >= 0.6 is 0 Å². The Bertz CT molecular complexity index is 523. The molecule has 0 spiro atoms. The van der Waals surface area contributed by atoms with E-state index in [4.69, 9.17) is 10.0 Å². The molecule has 0 fully saturated rings. The number of halogens is 2. The normalized spacial score (nSPS) is 11.1. The molecule has 0 heterocycles. The lowest BCUT2D eigenvalue weighted by Crippen LogP contribution is -2.34. The third kappa shape index (κ3) is 4.91. The van der Waals surface area contributed by atoms with Gasteiger partial charge in [0.15, 0.2) is 0 Å². The van der Waals surface area contributed by atoms with E-state index < -0.39 is 25.4 Å². The minimum Gasteiger partial charge on any atom is -0.423 e. The number of aldehydes is 1. The van der Waals surface area contributed by atoms with Crippen LogP contribution in [0.5, 0.6) is 0 Å². The summed E-state index contributed by atoms with van der Waals surface area (Å²) in [5, 5.41) is 20.4. The molecule has 1 aromatic rings. The first-order chi connectivity index (χ1) is 9.80. The molecular formula is C13H16BF2NO4. The standard InChI is InChI=1S/C13H16BF2NO4/c1-2-13(15,16)5-6-17-12(19)9-3-4-11(14(20)21)10(7-9)8-18/h3-4,7-8,20-21H,2,5-6H2,1H3,(H,17,19). The maximum Gasteiger partial charge on any atom is 0.489 e. The molecule has 1 rings (SSSR count). The summed E-state index contributed by atoms with van der Waals surface area (Å²) in [7, 11) is -1.83. The van der Waals surface area contributed by atoms with Crippen molar-refractivity contribution in [1.82, 2.24) is 5.32 Å². The van der Waals surface area contributed by atoms with Crippen molar-refractivity contribution in [3.05, 3.63) is 29.3 Å². The van der Waals surface area contributed by atoms with E-state index in [0.29, 0.717) is 6.29 Å². The Morgan fingerprint density at radius 1 is 1.43 bits per heavy atom. The number of hydrogen-bond donors (Lipinski definition) is 3. The van der Waals surface area contributed by atoms with Crippen LogP contribution in [0.1, 0.15) is 40.5 Å². The first-order valence-electron chi connectivity index (χ1n) is 6.42. The van der Waals surface area contributed by atoms with Gasteiger partial charge in [-0.25, -0.2) is 8.78 Å². The summed E-state index contributed by atoms with van der Waals surface area (Å²) < 4.78 is 26.0. The Balaban J connectivity index is 2.73. The molecular weight excluding hydrogens is 283 g/mol. The number of alkyl halides is 2. The van der Waals surface area contributed by atoms with Crippen LogP contribution < -0.4 is 10.8 Å². The van der Waals surface area contributed by atoms with Gasteiger partial charge in [0.2, 0.25) is 5.92 Å². The molecule has 0 atom stereocenters. The van der Waals surface area contributed by atoms with Crippen molar-refractivity contribution in [2.75, 3.05) is 6.54 Å². The number of carbonyl (C=O) groups is 2. The van der Waals surface area contributed by atoms with Crippen LogP contribution in [0, 0.1) is 0 Å². The Morgan fingerprint density at radius 3 is 2.62 bits per heavy atom. The van der Waals surface area contributed by atoms with Crippen molar-refractivity contribution >= 4 is 24.8 Å². The van der Waals surface area contributed by atoms with Crippen molar-refractivity contribution in [3.63, 3.8) is 0 Å². The van der Waals surface area contributed by atoms with Crippen LogP contribution in [0.2, 0.25) is 0 Å². The van der Waals surface area contributed by atoms with Gasteiger partial charge in [0.25, 0.3) is 5.91 Å². The van der Waals surface area contributed by atoms with Gasteiger partial charge in [-0.1, -0.05) is 13.0 Å². The average molecular weight is 299 g/mol. The highest BCUT2D eigenvalue weighted by molar-refractivity contribution is 6.60. The topological polar surface area (TPSA) is 86.6 Å². The van der Waals surface area contributed by atoms with Gasteiger partial charge < -0.3 is 15.4 Å². The highest BCUT2D eigenvalue weighted by Crippen LogP contribution is 2.21. The lowest BCUT2D eigenvalue weighted by Gasteiger charge is -2.14. The minimum absolute atomic E-state index is 0.0286. The van der Waals surface area contributed by atoms with E-state index in [1.165, 1.54) is 25.1 Å². The third-order valence-corrected chi connectivity index (χ3v) is 3.05. The number of amides is 1. The van der Waals surface area contributed by atoms with Gasteiger partial charge in [0, 0.05) is 30.5 Å². The highest BCUT2D eigenvalue weighted by Gasteiger charge is 2.25. The molecule has 1 amide bonds. The van der Waals surface area contributed by atoms with Gasteiger partial charge in [0.05, 0.1) is 0 Å². The number of carbonyl (C=O) groups excluding carboxylic acids is 2. The fourth-order valence-corrected chi connectivity index (χ4v) is 1.69. The fraction of sp³-hybridized carbons (Fsp3) is 0.385. The van der Waals surface area contributed by atoms with Gasteiger partial charge in [-0.2, -0.15) is 0 Å². The van der Waals surface area contributed by atoms with Gasteiger partial charge in [-0.15, -0.1) is 0 Å². The van der Waals surface area contributed by atoms with Gasteiger partial charge in [-0.3, -0.25) is 9.59 Å². The maximum absolute atomic E-state index is 13.0. The molecule has 0 aromatic heterocycles. The molecule has 0 aliphatic carbocycles. The Labute approximate surface area is 121 Å². The zero-order valence-corrected chi connectivity index (χ0v) is 11.5. The van der Waals surface area contributed by atoms with Crippen LogP contribution in [0.3, 0.4) is 0 Å². The smallest absolute Gasteiger partial charge is 0.423 e. The van der Waals surface area contributed by atoms with E-state index >= 15 is 0 Å². The van der Waals surface area contributed by atoms with E-state index in [9.17, 15) is 18.4 Å². The lowest BCUT2D eigenvalue weighted by molar-refractivity contribution is -0.0104. The second-order valence-corrected chi connectivity index (χ2v) is 4.55. The monoisotopic (exact) mass is 299 g/mol. The van der Waals surface area contributed by atoms with E-state index in [2.05, 4.69) is 5.32 Å². The number of hydrogen-bond acceptors (Lipinski definition) is 4. The van der Waals surface area contributed by atoms with Crippen molar-refractivity contribution in [2.24, 2.45) is 0 Å². The molecule has 1 aromatic carbocycles. The van der Waals surface area contributed by atoms with Crippen molar-refractivity contribution in [3.8, 4) is 0 Å². The second-order valence-electron chi connectivity index (χ2n) is 4.55. The van der Waals surface area contributed by atoms with E-state index in [1.54, 1.807) is 0 Å². The quantitative estimate of drug-likeness (QED) is 0.501. The van der Waals surface area contributed by atoms with Crippen LogP contribution in [0.15, 0.2) is 18.2 Å². The summed E-state index contributed by atoms with van der Waals surface area (Å²) >= 11 is 0. The predicted octanol–water partition coefficient (Wildman–Crippen LogP) is 0.344. The molecule has 0 aliphatic rings. The largest absolute Gasteiger partial charge is 0.489 e. The third-order valence-electron chi connectivity index (χ3n) is 3.05. The zero-order chi connectivity index (χ0) is 16.0. The molecule has 8 heteroatoms. The van der Waals surface area contributed by atoms with E-state index in [0.717, 1.165) is 0 Å². The number of rotatable bonds is 7. The summed E-state index contributed by atoms with van der Waals surface area (Å²) in [6.45, 7) is 1.16. The lowest BCUT2D eigenvalue weighted by atomic mass is 9.77. The fourth-order valence-electron chi connectivity index (χ4n) is 1.69. The summed E-state index contributed by atoms with van der Waals surface area (Å²) in [6, 6.07) is 3.69. The molecule has 0 aliphatic heterocycles. The second kappa shape index (κ2) is 7.28. The zero-order valence-electron chi connectivity index (χ0n) is 11.5. The van der Waals surface area contributed by atoms with Crippen molar-refractivity contribution in [1.29, 1.82) is 0 Å². The Kier molecular flexibility index (Phi) is 5.98. The number of benzene rings is 1. The average Bonchev–Trinajstić information content (AvgIpc) is 2.46. The molecule has 0 saturated carbocycles. The molecule has 0 saturated heterocycles. The molecule has 0 bridgehead atoms. The minimum atomic E-state index is -2.83. The van der Waals surface area contributed by atoms with Crippen molar-refractivity contribution < 1.29 is 28.4 Å². The molecule has 114 valence electrons. The highest BCUT2D eigenvalue weighted by atomic mass is 19.3. The van der Waals surface area contributed by atoms with Gasteiger partial charge >= 0.3 is 7.12 Å². The van der Waals surface area contributed by atoms with E-state index in [-0.39, 0.29) is 29.6 Å². The SMILES string of the molecule is CCC(F)(F)CCNC(=O)c1ccc(B(O)O)c(C=O)c1. The molecule has 3 N–H and O–H groups in total. The van der Waals surface area contributed by atoms with Crippen LogP contribution in [-0.2, 0) is 0 Å². The van der Waals surface area contributed by atoms with Crippen LogP contribution in [0.25, 0.3) is 0 Å². The Morgan fingerprint density at radius 2 is 2.10 bits per heavy atom. The van der Waals surface area contributed by atoms with Crippen molar-refractivity contribution in [2.45, 2.75) is 25.7 Å². The predicted molar refractivity (Wildman–Crippen MR) is 73.8 cm³/mol. The molecule has 0 radical (unpaired) electrons. The van der Waals surface area contributed by atoms with E-state index in [1.807, 2.05) is 0 Å². The van der Waals surface area contributed by atoms with Gasteiger partial charge in [-0.05, 0) is 17.6 Å². The van der Waals surface area contributed by atoms with Gasteiger partial charge in [0.1, 0.15) is 6.29 Å². The number of nitrogens with one attached hydrogen (secondary N) is 1. The summed E-state index contributed by atoms with van der Waals surface area (Å²) in [6.07, 6.45) is -0.388. The first kappa shape index (κ1) is 17.3.